The van der Waals surface area contributed by atoms with Crippen molar-refractivity contribution in [2.24, 2.45) is 0 Å². The van der Waals surface area contributed by atoms with Crippen LogP contribution in [0.15, 0.2) is 110 Å². The summed E-state index contributed by atoms with van der Waals surface area (Å²) in [5.41, 5.74) is 17.0. The second-order valence-corrected chi connectivity index (χ2v) is 26.3. The van der Waals surface area contributed by atoms with Crippen LogP contribution in [0.25, 0.3) is 33.1 Å². The Morgan fingerprint density at radius 1 is 0.430 bits per heavy atom. The average molecular weight is 1360 g/mol. The predicted octanol–water partition coefficient (Wildman–Crippen LogP) is 10.9. The van der Waals surface area contributed by atoms with Gasteiger partial charge >= 0.3 is 0 Å². The number of aromatic nitrogens is 9. The number of aliphatic hydroxyl groups is 2. The number of anilines is 2. The number of aliphatic hydroxyl groups excluding tert-OH is 2. The van der Waals surface area contributed by atoms with Crippen LogP contribution in [-0.2, 0) is 47.4 Å². The molecule has 14 heterocycles. The Kier molecular flexibility index (Phi) is 16.2. The number of hydrogen-bond acceptors (Lipinski definition) is 20. The first kappa shape index (κ1) is 62.7. The van der Waals surface area contributed by atoms with Gasteiger partial charge in [0.05, 0.1) is 36.0 Å². The fourth-order valence-corrected chi connectivity index (χ4v) is 14.7. The monoisotopic (exact) mass is 1360 g/mol. The summed E-state index contributed by atoms with van der Waals surface area (Å²) in [5.74, 6) is -0.939. The van der Waals surface area contributed by atoms with E-state index in [9.17, 15) is 23.4 Å². The van der Waals surface area contributed by atoms with E-state index in [0.717, 1.165) is 5.39 Å². The van der Waals surface area contributed by atoms with Crippen molar-refractivity contribution in [2.75, 3.05) is 31.3 Å². The maximum atomic E-state index is 14.6. The molecule has 488 valence electrons. The SMILES string of the molecule is CC1(C)O[C@H]2[C@@H](O1)[C@H](n1ccc3c(Cl)ncnc31)O[C@@H]2[C@@H]1OC[C@@H](F)c2cc(Cl)ccc21.CC1(C)O[C@H]2[C@@H](O1)[C@H](n1ccc3c(N)ncnc31)O[C@@H]2[C@@H]1OC[C@@H](F)c2cc(Cl)ccc21.Nc1ncnc2c1ccn2[C@@H]1OC([C@@H]2OC[C@@H](F)c3cc(Cl)ccc32)[C@@H](O)[C@H]1O. The summed E-state index contributed by atoms with van der Waals surface area (Å²) in [7, 11) is 0. The van der Waals surface area contributed by atoms with Gasteiger partial charge in [-0.25, -0.2) is 43.1 Å². The lowest BCUT2D eigenvalue weighted by molar-refractivity contribution is -0.214. The molecule has 18 atom stereocenters. The van der Waals surface area contributed by atoms with E-state index >= 15 is 0 Å². The van der Waals surface area contributed by atoms with E-state index in [4.69, 9.17) is 105 Å². The molecule has 0 bridgehead atoms. The fourth-order valence-electron chi connectivity index (χ4n) is 14.0. The highest BCUT2D eigenvalue weighted by Gasteiger charge is 2.61. The molecule has 0 spiro atoms. The van der Waals surface area contributed by atoms with E-state index in [1.54, 1.807) is 71.4 Å². The van der Waals surface area contributed by atoms with Gasteiger partial charge in [-0.15, -0.1) is 0 Å². The molecule has 8 aliphatic heterocycles. The molecular weight excluding hydrogens is 1300 g/mol. The van der Waals surface area contributed by atoms with Crippen LogP contribution in [0.5, 0.6) is 0 Å². The van der Waals surface area contributed by atoms with Crippen LogP contribution in [-0.4, -0.2) is 140 Å². The van der Waals surface area contributed by atoms with Gasteiger partial charge in [0.15, 0.2) is 30.3 Å². The van der Waals surface area contributed by atoms with Gasteiger partial charge in [-0.05, 0) is 116 Å². The maximum absolute atomic E-state index is 14.6. The number of alkyl halides is 3. The molecule has 23 nitrogen and oxygen atoms in total. The topological polar surface area (TPSA) is 277 Å². The summed E-state index contributed by atoms with van der Waals surface area (Å²) in [6, 6.07) is 20.6. The minimum atomic E-state index is -1.33. The number of benzene rings is 3. The third kappa shape index (κ3) is 11.1. The summed E-state index contributed by atoms with van der Waals surface area (Å²) in [6.07, 6.45) is -4.41. The molecule has 5 fully saturated rings. The number of nitrogens with two attached hydrogens (primary N) is 2. The number of fused-ring (bicyclic) bond motifs is 8. The lowest BCUT2D eigenvalue weighted by Crippen LogP contribution is -2.38. The van der Waals surface area contributed by atoms with Crippen LogP contribution < -0.4 is 11.5 Å². The van der Waals surface area contributed by atoms with Crippen molar-refractivity contribution < 1.29 is 70.8 Å². The molecule has 6 aromatic heterocycles. The average Bonchev–Trinajstić information content (AvgIpc) is 1.60. The lowest BCUT2D eigenvalue weighted by atomic mass is 9.91. The van der Waals surface area contributed by atoms with E-state index in [-0.39, 0.29) is 19.8 Å². The van der Waals surface area contributed by atoms with Crippen LogP contribution in [0.2, 0.25) is 20.2 Å². The van der Waals surface area contributed by atoms with E-state index < -0.39 is 122 Å². The van der Waals surface area contributed by atoms with Crippen molar-refractivity contribution >= 4 is 91.1 Å². The molecule has 9 aromatic rings. The zero-order valence-corrected chi connectivity index (χ0v) is 52.7. The van der Waals surface area contributed by atoms with Crippen molar-refractivity contribution in [2.45, 2.75) is 150 Å². The maximum Gasteiger partial charge on any atom is 0.164 e. The predicted molar refractivity (Wildman–Crippen MR) is 330 cm³/mol. The lowest BCUT2D eigenvalue weighted by Gasteiger charge is -2.34. The molecule has 17 rings (SSSR count). The molecule has 0 saturated carbocycles. The summed E-state index contributed by atoms with van der Waals surface area (Å²) in [4.78, 5) is 25.0. The second-order valence-electron chi connectivity index (χ2n) is 24.6. The Labute approximate surface area is 547 Å². The van der Waals surface area contributed by atoms with Crippen LogP contribution in [0.1, 0.15) is 117 Å². The number of hydrogen-bond donors (Lipinski definition) is 4. The Balaban J connectivity index is 0.000000116. The van der Waals surface area contributed by atoms with Crippen molar-refractivity contribution in [3.8, 4) is 0 Å². The Hall–Kier alpha value is -6.41. The second kappa shape index (κ2) is 24.0. The first-order valence-corrected chi connectivity index (χ1v) is 31.4. The number of halogens is 7. The van der Waals surface area contributed by atoms with E-state index in [1.807, 2.05) is 61.4 Å². The minimum Gasteiger partial charge on any atom is -0.387 e. The number of rotatable bonds is 6. The first-order chi connectivity index (χ1) is 44.6. The van der Waals surface area contributed by atoms with Crippen molar-refractivity contribution in [3.05, 3.63) is 164 Å². The standard InChI is InChI=1S/C22H20Cl2FN3O4.C22H22ClFN4O4.C19H18ClFN4O4/c1-22(2)31-17-16(15-11-4-3-10(23)7-13(11)14(25)8-29-15)30-21(18(17)32-22)28-6-5-12-19(24)26-9-27-20(12)28;1-22(2)31-17-16(15-11-4-3-10(23)7-13(11)14(24)8-29-15)30-21(18(17)32-22)28-6-5-12-19(25)26-9-27-20(12)28;20-8-1-2-9-11(5-8)12(21)6-28-15(9)16-13(26)14(27)19(29-16)25-4-3-10-17(22)23-7-24-18(10)25/h3-7,9,14-18,21H,8H2,1-2H3;3-7,9,14-18,21H,8H2,1-2H3,(H2,25,26,27);1-5,7,12-16,19,26-27H,6H2,(H2,22,23,24)/t2*14-,15-,16-,17-,18-,21-;12-,13+,14-,15-,16?,19-/m111/s1. The van der Waals surface area contributed by atoms with Crippen molar-refractivity contribution in [1.82, 2.24) is 43.6 Å². The molecule has 30 heteroatoms. The molecule has 1 unspecified atom stereocenters. The highest BCUT2D eigenvalue weighted by atomic mass is 35.5. The van der Waals surface area contributed by atoms with E-state index in [2.05, 4.69) is 29.9 Å². The summed E-state index contributed by atoms with van der Waals surface area (Å²) in [6.45, 7) is 7.08. The smallest absolute Gasteiger partial charge is 0.164 e. The zero-order valence-electron chi connectivity index (χ0n) is 49.7. The van der Waals surface area contributed by atoms with Crippen LogP contribution in [0.4, 0.5) is 24.8 Å². The van der Waals surface area contributed by atoms with Gasteiger partial charge < -0.3 is 82.8 Å². The number of nitrogen functional groups attached to an aromatic ring is 2. The molecule has 6 N–H and O–H groups in total. The Morgan fingerprint density at radius 3 is 1.22 bits per heavy atom. The fraction of sp³-hybridized carbons (Fsp3) is 0.429. The minimum absolute atomic E-state index is 0.0830. The largest absolute Gasteiger partial charge is 0.387 e. The third-order valence-corrected chi connectivity index (χ3v) is 19.0. The molecule has 3 aromatic carbocycles. The third-order valence-electron chi connectivity index (χ3n) is 18.0. The van der Waals surface area contributed by atoms with Gasteiger partial charge in [-0.1, -0.05) is 64.6 Å². The van der Waals surface area contributed by atoms with E-state index in [1.165, 1.54) is 19.0 Å². The Bertz CT molecular complexity index is 4160. The van der Waals surface area contributed by atoms with E-state index in [0.29, 0.717) is 93.0 Å². The molecule has 8 aliphatic rings. The molecule has 0 radical (unpaired) electrons. The van der Waals surface area contributed by atoms with Gasteiger partial charge in [0, 0.05) is 33.7 Å². The van der Waals surface area contributed by atoms with Crippen molar-refractivity contribution in [3.63, 3.8) is 0 Å². The first-order valence-electron chi connectivity index (χ1n) is 29.9. The highest BCUT2D eigenvalue weighted by molar-refractivity contribution is 6.34. The van der Waals surface area contributed by atoms with Gasteiger partial charge in [0.2, 0.25) is 0 Å². The Morgan fingerprint density at radius 2 is 0.785 bits per heavy atom. The zero-order chi connectivity index (χ0) is 64.7. The summed E-state index contributed by atoms with van der Waals surface area (Å²) < 4.78 is 110. The quantitative estimate of drug-likeness (QED) is 0.113. The van der Waals surface area contributed by atoms with Gasteiger partial charge in [0.1, 0.15) is 144 Å². The van der Waals surface area contributed by atoms with Crippen LogP contribution >= 0.6 is 46.4 Å². The van der Waals surface area contributed by atoms with Crippen LogP contribution in [0, 0.1) is 0 Å². The molecule has 0 amide bonds. The highest BCUT2D eigenvalue weighted by Crippen LogP contribution is 2.53. The van der Waals surface area contributed by atoms with Gasteiger partial charge in [-0.2, -0.15) is 0 Å². The van der Waals surface area contributed by atoms with Gasteiger partial charge in [-0.3, -0.25) is 0 Å². The number of ether oxygens (including phenoxy) is 10. The summed E-state index contributed by atoms with van der Waals surface area (Å²) >= 11 is 24.5. The summed E-state index contributed by atoms with van der Waals surface area (Å²) in [5, 5.41) is 25.2. The normalized spacial score (nSPS) is 32.9. The molecule has 0 aliphatic carbocycles. The van der Waals surface area contributed by atoms with Gasteiger partial charge in [0.25, 0.3) is 0 Å². The number of nitrogens with zero attached hydrogens (tertiary/aromatic N) is 9. The van der Waals surface area contributed by atoms with Crippen molar-refractivity contribution in [1.29, 1.82) is 0 Å². The molecule has 5 saturated heterocycles. The van der Waals surface area contributed by atoms with Crippen LogP contribution in [0.3, 0.4) is 0 Å². The molecule has 93 heavy (non-hydrogen) atoms. The molecular formula is C63H60Cl4F3N11O12.